The van der Waals surface area contributed by atoms with Crippen LogP contribution in [0.4, 0.5) is 4.39 Å². The Morgan fingerprint density at radius 3 is 2.61 bits per heavy atom. The molecule has 0 unspecified atom stereocenters. The molecule has 0 radical (unpaired) electrons. The molecule has 124 valence electrons. The van der Waals surface area contributed by atoms with Gasteiger partial charge in [0.05, 0.1) is 17.2 Å². The number of ether oxygens (including phenoxy) is 2. The molecule has 6 heteroatoms. The molecule has 0 saturated heterocycles. The lowest BCUT2D eigenvalue weighted by Gasteiger charge is -2.15. The molecular weight excluding hydrogens is 340 g/mol. The Kier molecular flexibility index (Phi) is 6.51. The third-order valence-corrected chi connectivity index (χ3v) is 3.93. The summed E-state index contributed by atoms with van der Waals surface area (Å²) in [5, 5.41) is 3.93. The lowest BCUT2D eigenvalue weighted by Crippen LogP contribution is -2.12. The number of halogens is 3. The van der Waals surface area contributed by atoms with Gasteiger partial charge in [-0.25, -0.2) is 4.39 Å². The predicted octanol–water partition coefficient (Wildman–Crippen LogP) is 4.83. The average molecular weight is 358 g/mol. The van der Waals surface area contributed by atoms with Crippen LogP contribution in [0.2, 0.25) is 10.0 Å². The molecule has 0 amide bonds. The molecule has 1 N–H and O–H groups in total. The Labute approximate surface area is 145 Å². The largest absolute Gasteiger partial charge is 0.493 e. The fraction of sp³-hybridized carbons (Fsp3) is 0.294. The molecule has 2 aromatic rings. The van der Waals surface area contributed by atoms with Gasteiger partial charge in [-0.2, -0.15) is 0 Å². The molecule has 0 aliphatic carbocycles. The molecule has 2 aromatic carbocycles. The Morgan fingerprint density at radius 1 is 1.17 bits per heavy atom. The fourth-order valence-electron chi connectivity index (χ4n) is 2.10. The van der Waals surface area contributed by atoms with Crippen molar-refractivity contribution in [2.45, 2.75) is 20.1 Å². The van der Waals surface area contributed by atoms with Gasteiger partial charge in [-0.3, -0.25) is 0 Å². The first-order valence-electron chi connectivity index (χ1n) is 7.19. The monoisotopic (exact) mass is 357 g/mol. The van der Waals surface area contributed by atoms with Gasteiger partial charge in [0.15, 0.2) is 11.5 Å². The topological polar surface area (TPSA) is 30.5 Å². The van der Waals surface area contributed by atoms with E-state index < -0.39 is 5.82 Å². The van der Waals surface area contributed by atoms with Gasteiger partial charge < -0.3 is 14.8 Å². The number of methoxy groups -OCH3 is 1. The van der Waals surface area contributed by atoms with Crippen molar-refractivity contribution < 1.29 is 13.9 Å². The van der Waals surface area contributed by atoms with Crippen LogP contribution in [0.3, 0.4) is 0 Å². The SMILES string of the molecule is CCNCc1cc(Cl)c(OCc2c(F)cccc2Cl)c(OC)c1. The summed E-state index contributed by atoms with van der Waals surface area (Å²) in [6, 6.07) is 8.13. The molecular formula is C17H18Cl2FNO2. The van der Waals surface area contributed by atoms with E-state index >= 15 is 0 Å². The minimum Gasteiger partial charge on any atom is -0.493 e. The summed E-state index contributed by atoms with van der Waals surface area (Å²) in [4.78, 5) is 0. The summed E-state index contributed by atoms with van der Waals surface area (Å²) in [5.41, 5.74) is 1.26. The highest BCUT2D eigenvalue weighted by molar-refractivity contribution is 6.32. The maximum absolute atomic E-state index is 13.8. The average Bonchev–Trinajstić information content (AvgIpc) is 2.53. The molecule has 0 aliphatic heterocycles. The molecule has 0 spiro atoms. The second-order valence-corrected chi connectivity index (χ2v) is 5.69. The van der Waals surface area contributed by atoms with Gasteiger partial charge in [0.25, 0.3) is 0 Å². The van der Waals surface area contributed by atoms with Crippen molar-refractivity contribution in [3.8, 4) is 11.5 Å². The van der Waals surface area contributed by atoms with E-state index in [1.165, 1.54) is 13.2 Å². The third-order valence-electron chi connectivity index (χ3n) is 3.29. The first kappa shape index (κ1) is 17.9. The summed E-state index contributed by atoms with van der Waals surface area (Å²) in [7, 11) is 1.53. The number of hydrogen-bond donors (Lipinski definition) is 1. The van der Waals surface area contributed by atoms with Gasteiger partial charge in [-0.05, 0) is 36.4 Å². The van der Waals surface area contributed by atoms with Crippen LogP contribution in [0.5, 0.6) is 11.5 Å². The quantitative estimate of drug-likeness (QED) is 0.769. The van der Waals surface area contributed by atoms with Gasteiger partial charge in [-0.1, -0.05) is 36.2 Å². The van der Waals surface area contributed by atoms with Gasteiger partial charge in [0.2, 0.25) is 0 Å². The van der Waals surface area contributed by atoms with Gasteiger partial charge >= 0.3 is 0 Å². The first-order chi connectivity index (χ1) is 11.1. The predicted molar refractivity (Wildman–Crippen MR) is 91.1 cm³/mol. The fourth-order valence-corrected chi connectivity index (χ4v) is 2.60. The zero-order valence-electron chi connectivity index (χ0n) is 13.0. The highest BCUT2D eigenvalue weighted by Gasteiger charge is 2.14. The second-order valence-electron chi connectivity index (χ2n) is 4.88. The standard InChI is InChI=1S/C17H18Cl2FNO2/c1-3-21-9-11-7-14(19)17(16(8-11)22-2)23-10-12-13(18)5-4-6-15(12)20/h4-8,21H,3,9-10H2,1-2H3. The molecule has 0 aromatic heterocycles. The van der Waals surface area contributed by atoms with Crippen molar-refractivity contribution in [2.75, 3.05) is 13.7 Å². The summed E-state index contributed by atoms with van der Waals surface area (Å²) >= 11 is 12.3. The Hall–Kier alpha value is -1.49. The van der Waals surface area contributed by atoms with Crippen LogP contribution in [0.15, 0.2) is 30.3 Å². The summed E-state index contributed by atoms with van der Waals surface area (Å²) in [5.74, 6) is 0.447. The second kappa shape index (κ2) is 8.39. The molecule has 2 rings (SSSR count). The van der Waals surface area contributed by atoms with Crippen molar-refractivity contribution in [1.29, 1.82) is 0 Å². The van der Waals surface area contributed by atoms with Gasteiger partial charge in [0, 0.05) is 12.1 Å². The molecule has 3 nitrogen and oxygen atoms in total. The van der Waals surface area contributed by atoms with E-state index in [-0.39, 0.29) is 12.2 Å². The van der Waals surface area contributed by atoms with E-state index in [0.717, 1.165) is 12.1 Å². The van der Waals surface area contributed by atoms with Crippen molar-refractivity contribution in [3.05, 3.63) is 57.3 Å². The number of hydrogen-bond acceptors (Lipinski definition) is 3. The molecule has 0 fully saturated rings. The minimum absolute atomic E-state index is 0.0336. The molecule has 0 saturated carbocycles. The van der Waals surface area contributed by atoms with E-state index in [4.69, 9.17) is 32.7 Å². The number of rotatable bonds is 7. The lowest BCUT2D eigenvalue weighted by molar-refractivity contribution is 0.280. The van der Waals surface area contributed by atoms with Crippen LogP contribution in [0.1, 0.15) is 18.1 Å². The molecule has 0 atom stereocenters. The molecule has 0 bridgehead atoms. The maximum atomic E-state index is 13.8. The maximum Gasteiger partial charge on any atom is 0.180 e. The highest BCUT2D eigenvalue weighted by Crippen LogP contribution is 2.37. The smallest absolute Gasteiger partial charge is 0.180 e. The van der Waals surface area contributed by atoms with Crippen LogP contribution in [0, 0.1) is 5.82 Å². The van der Waals surface area contributed by atoms with Crippen molar-refractivity contribution in [2.24, 2.45) is 0 Å². The molecule has 23 heavy (non-hydrogen) atoms. The number of nitrogens with one attached hydrogen (secondary N) is 1. The zero-order valence-corrected chi connectivity index (χ0v) is 14.5. The van der Waals surface area contributed by atoms with E-state index in [0.29, 0.717) is 28.1 Å². The van der Waals surface area contributed by atoms with Crippen molar-refractivity contribution in [1.82, 2.24) is 5.32 Å². The van der Waals surface area contributed by atoms with E-state index in [1.807, 2.05) is 13.0 Å². The molecule has 0 heterocycles. The Morgan fingerprint density at radius 2 is 1.96 bits per heavy atom. The number of benzene rings is 2. The van der Waals surface area contributed by atoms with E-state index in [9.17, 15) is 4.39 Å². The van der Waals surface area contributed by atoms with Crippen LogP contribution in [-0.4, -0.2) is 13.7 Å². The highest BCUT2D eigenvalue weighted by atomic mass is 35.5. The third kappa shape index (κ3) is 4.50. The zero-order chi connectivity index (χ0) is 16.8. The summed E-state index contributed by atoms with van der Waals surface area (Å²) in [6.07, 6.45) is 0. The van der Waals surface area contributed by atoms with Crippen molar-refractivity contribution >= 4 is 23.2 Å². The lowest BCUT2D eigenvalue weighted by atomic mass is 10.2. The Balaban J connectivity index is 2.22. The summed E-state index contributed by atoms with van der Waals surface area (Å²) < 4.78 is 24.8. The molecule has 0 aliphatic rings. The summed E-state index contributed by atoms with van der Waals surface area (Å²) in [6.45, 7) is 3.51. The minimum atomic E-state index is -0.420. The Bertz CT molecular complexity index is 660. The van der Waals surface area contributed by atoms with E-state index in [2.05, 4.69) is 5.32 Å². The van der Waals surface area contributed by atoms with Gasteiger partial charge in [-0.15, -0.1) is 0 Å². The first-order valence-corrected chi connectivity index (χ1v) is 7.95. The van der Waals surface area contributed by atoms with Crippen LogP contribution >= 0.6 is 23.2 Å². The van der Waals surface area contributed by atoms with Crippen LogP contribution in [-0.2, 0) is 13.2 Å². The van der Waals surface area contributed by atoms with E-state index in [1.54, 1.807) is 18.2 Å². The normalized spacial score (nSPS) is 10.7. The van der Waals surface area contributed by atoms with Gasteiger partial charge in [0.1, 0.15) is 12.4 Å². The van der Waals surface area contributed by atoms with Crippen molar-refractivity contribution in [3.63, 3.8) is 0 Å². The van der Waals surface area contributed by atoms with Crippen LogP contribution < -0.4 is 14.8 Å². The van der Waals surface area contributed by atoms with Crippen LogP contribution in [0.25, 0.3) is 0 Å².